The fraction of sp³-hybridized carbons (Fsp3) is 0.320. The van der Waals surface area contributed by atoms with E-state index in [-0.39, 0.29) is 23.2 Å². The third-order valence-corrected chi connectivity index (χ3v) is 6.50. The molecule has 1 N–H and O–H groups in total. The summed E-state index contributed by atoms with van der Waals surface area (Å²) in [5, 5.41) is 10.7. The van der Waals surface area contributed by atoms with Gasteiger partial charge in [-0.15, -0.1) is 0 Å². The van der Waals surface area contributed by atoms with E-state index >= 15 is 0 Å². The Balaban J connectivity index is 1.82. The van der Waals surface area contributed by atoms with Gasteiger partial charge in [0.1, 0.15) is 5.92 Å². The number of allylic oxidation sites excluding steroid dienone is 2. The zero-order valence-electron chi connectivity index (χ0n) is 18.1. The summed E-state index contributed by atoms with van der Waals surface area (Å²) in [6.45, 7) is 1.78. The number of esters is 1. The quantitative estimate of drug-likeness (QED) is 0.672. The number of ketones is 1. The number of carbonyl (C=O) groups is 2. The number of hydrogen-bond acceptors (Lipinski definition) is 6. The molecule has 0 fully saturated rings. The number of rotatable bonds is 4. The second kappa shape index (κ2) is 8.79. The standard InChI is InChI=1S/C25H24ClNO5/c1-13-22(25(30)32-3)23(15-6-9-19(28)21(12-15)31-2)24-18(27-13)10-16(11-20(24)29)14-4-7-17(26)8-5-14/h4-9,12,16,22-23,28H,10-11H2,1-3H3/t16-,22?,23-/m1/s1. The summed E-state index contributed by atoms with van der Waals surface area (Å²) in [4.78, 5) is 30.9. The number of benzene rings is 2. The normalized spacial score (nSPS) is 22.8. The molecule has 2 aromatic rings. The van der Waals surface area contributed by atoms with Crippen molar-refractivity contribution >= 4 is 29.1 Å². The Labute approximate surface area is 191 Å². The number of ether oxygens (including phenoxy) is 2. The van der Waals surface area contributed by atoms with Gasteiger partial charge in [-0.2, -0.15) is 0 Å². The third kappa shape index (κ3) is 3.91. The van der Waals surface area contributed by atoms with Crippen LogP contribution in [-0.4, -0.2) is 36.8 Å². The number of nitrogens with zero attached hydrogens (tertiary/aromatic N) is 1. The highest BCUT2D eigenvalue weighted by atomic mass is 35.5. The number of carbonyl (C=O) groups excluding carboxylic acids is 2. The maximum Gasteiger partial charge on any atom is 0.315 e. The van der Waals surface area contributed by atoms with Crippen LogP contribution in [0.25, 0.3) is 0 Å². The van der Waals surface area contributed by atoms with E-state index in [1.807, 2.05) is 24.3 Å². The average Bonchev–Trinajstić information content (AvgIpc) is 2.78. The first kappa shape index (κ1) is 22.1. The van der Waals surface area contributed by atoms with Gasteiger partial charge in [0.05, 0.1) is 14.2 Å². The Bertz CT molecular complexity index is 1140. The lowest BCUT2D eigenvalue weighted by molar-refractivity contribution is -0.143. The van der Waals surface area contributed by atoms with Gasteiger partial charge in [-0.05, 0) is 54.7 Å². The van der Waals surface area contributed by atoms with E-state index < -0.39 is 17.8 Å². The van der Waals surface area contributed by atoms with Crippen LogP contribution < -0.4 is 4.74 Å². The highest BCUT2D eigenvalue weighted by Crippen LogP contribution is 2.47. The second-order valence-corrected chi connectivity index (χ2v) is 8.54. The predicted molar refractivity (Wildman–Crippen MR) is 121 cm³/mol. The van der Waals surface area contributed by atoms with Crippen molar-refractivity contribution < 1.29 is 24.2 Å². The largest absolute Gasteiger partial charge is 0.504 e. The van der Waals surface area contributed by atoms with Gasteiger partial charge in [0, 0.05) is 34.3 Å². The summed E-state index contributed by atoms with van der Waals surface area (Å²) in [6, 6.07) is 12.4. The molecule has 1 unspecified atom stereocenters. The van der Waals surface area contributed by atoms with Crippen molar-refractivity contribution in [2.45, 2.75) is 31.6 Å². The number of aliphatic imine (C=N–C) groups is 1. The van der Waals surface area contributed by atoms with Crippen molar-refractivity contribution in [2.75, 3.05) is 14.2 Å². The predicted octanol–water partition coefficient (Wildman–Crippen LogP) is 4.80. The van der Waals surface area contributed by atoms with Crippen molar-refractivity contribution in [3.63, 3.8) is 0 Å². The molecule has 2 aliphatic rings. The summed E-state index contributed by atoms with van der Waals surface area (Å²) in [7, 11) is 2.78. The van der Waals surface area contributed by atoms with Gasteiger partial charge in [0.15, 0.2) is 17.3 Å². The maximum atomic E-state index is 13.5. The van der Waals surface area contributed by atoms with Gasteiger partial charge < -0.3 is 14.6 Å². The van der Waals surface area contributed by atoms with Crippen LogP contribution in [0.15, 0.2) is 58.7 Å². The van der Waals surface area contributed by atoms with Gasteiger partial charge in [0.2, 0.25) is 0 Å². The number of hydrogen-bond donors (Lipinski definition) is 1. The topological polar surface area (TPSA) is 85.2 Å². The molecular weight excluding hydrogens is 430 g/mol. The van der Waals surface area contributed by atoms with E-state index in [9.17, 15) is 14.7 Å². The molecule has 0 amide bonds. The molecule has 2 aromatic carbocycles. The molecule has 32 heavy (non-hydrogen) atoms. The number of phenols is 1. The summed E-state index contributed by atoms with van der Waals surface area (Å²) >= 11 is 6.02. The van der Waals surface area contributed by atoms with Crippen molar-refractivity contribution in [3.8, 4) is 11.5 Å². The Morgan fingerprint density at radius 2 is 1.78 bits per heavy atom. The van der Waals surface area contributed by atoms with Crippen LogP contribution in [-0.2, 0) is 14.3 Å². The molecule has 1 aliphatic heterocycles. The smallest absolute Gasteiger partial charge is 0.315 e. The van der Waals surface area contributed by atoms with E-state index in [0.29, 0.717) is 40.4 Å². The van der Waals surface area contributed by atoms with Crippen LogP contribution in [0, 0.1) is 5.92 Å². The number of aromatic hydroxyl groups is 1. The molecule has 1 aliphatic carbocycles. The van der Waals surface area contributed by atoms with Crippen LogP contribution >= 0.6 is 11.6 Å². The van der Waals surface area contributed by atoms with Gasteiger partial charge in [-0.1, -0.05) is 29.8 Å². The van der Waals surface area contributed by atoms with E-state index in [1.165, 1.54) is 20.3 Å². The van der Waals surface area contributed by atoms with Gasteiger partial charge in [0.25, 0.3) is 0 Å². The van der Waals surface area contributed by atoms with Crippen LogP contribution in [0.1, 0.15) is 42.7 Å². The first-order chi connectivity index (χ1) is 15.3. The van der Waals surface area contributed by atoms with Crippen LogP contribution in [0.2, 0.25) is 5.02 Å². The number of phenolic OH excluding ortho intramolecular Hbond substituents is 1. The number of methoxy groups -OCH3 is 2. The van der Waals surface area contributed by atoms with Crippen molar-refractivity contribution in [1.29, 1.82) is 0 Å². The molecule has 166 valence electrons. The van der Waals surface area contributed by atoms with E-state index in [0.717, 1.165) is 5.56 Å². The molecule has 0 spiro atoms. The summed E-state index contributed by atoms with van der Waals surface area (Å²) in [6.07, 6.45) is 0.897. The van der Waals surface area contributed by atoms with Crippen LogP contribution in [0.4, 0.5) is 0 Å². The number of halogens is 1. The third-order valence-electron chi connectivity index (χ3n) is 6.25. The van der Waals surface area contributed by atoms with Crippen LogP contribution in [0.5, 0.6) is 11.5 Å². The zero-order chi connectivity index (χ0) is 23.0. The van der Waals surface area contributed by atoms with Gasteiger partial charge in [-0.3, -0.25) is 14.6 Å². The monoisotopic (exact) mass is 453 g/mol. The molecule has 0 saturated heterocycles. The van der Waals surface area contributed by atoms with Gasteiger partial charge in [-0.25, -0.2) is 0 Å². The summed E-state index contributed by atoms with van der Waals surface area (Å²) in [5.74, 6) is -1.56. The zero-order valence-corrected chi connectivity index (χ0v) is 18.8. The molecule has 0 saturated carbocycles. The Kier molecular flexibility index (Phi) is 6.07. The van der Waals surface area contributed by atoms with Crippen molar-refractivity contribution in [1.82, 2.24) is 0 Å². The molecule has 0 aromatic heterocycles. The lowest BCUT2D eigenvalue weighted by Gasteiger charge is -2.36. The molecule has 0 radical (unpaired) electrons. The SMILES string of the molecule is COC(=O)C1C(C)=NC2=C(C(=O)C[C@H](c3ccc(Cl)cc3)C2)[C@@H]1c1ccc(O)c(OC)c1. The molecular formula is C25H24ClNO5. The maximum absolute atomic E-state index is 13.5. The Hall–Kier alpha value is -3.12. The lowest BCUT2D eigenvalue weighted by atomic mass is 9.69. The second-order valence-electron chi connectivity index (χ2n) is 8.10. The lowest BCUT2D eigenvalue weighted by Crippen LogP contribution is -2.37. The van der Waals surface area contributed by atoms with Gasteiger partial charge >= 0.3 is 5.97 Å². The highest BCUT2D eigenvalue weighted by molar-refractivity contribution is 6.30. The van der Waals surface area contributed by atoms with E-state index in [2.05, 4.69) is 0 Å². The fourth-order valence-electron chi connectivity index (χ4n) is 4.71. The molecule has 6 nitrogen and oxygen atoms in total. The first-order valence-electron chi connectivity index (χ1n) is 10.4. The Morgan fingerprint density at radius 3 is 2.44 bits per heavy atom. The summed E-state index contributed by atoms with van der Waals surface area (Å²) < 4.78 is 10.3. The van der Waals surface area contributed by atoms with Crippen molar-refractivity contribution in [3.05, 3.63) is 69.9 Å². The van der Waals surface area contributed by atoms with Crippen LogP contribution in [0.3, 0.4) is 0 Å². The molecule has 0 bridgehead atoms. The summed E-state index contributed by atoms with van der Waals surface area (Å²) in [5.41, 5.74) is 3.53. The number of Topliss-reactive ketones (excluding diaryl/α,β-unsaturated/α-hetero) is 1. The molecule has 1 heterocycles. The molecule has 7 heteroatoms. The van der Waals surface area contributed by atoms with E-state index in [1.54, 1.807) is 19.1 Å². The minimum atomic E-state index is -0.732. The Morgan fingerprint density at radius 1 is 1.09 bits per heavy atom. The minimum Gasteiger partial charge on any atom is -0.504 e. The average molecular weight is 454 g/mol. The molecule has 4 rings (SSSR count). The first-order valence-corrected chi connectivity index (χ1v) is 10.7. The minimum absolute atomic E-state index is 0.0141. The fourth-order valence-corrected chi connectivity index (χ4v) is 4.84. The van der Waals surface area contributed by atoms with E-state index in [4.69, 9.17) is 26.1 Å². The highest BCUT2D eigenvalue weighted by Gasteiger charge is 2.44. The molecule has 3 atom stereocenters. The van der Waals surface area contributed by atoms with Crippen molar-refractivity contribution in [2.24, 2.45) is 10.9 Å².